The molecule has 27 heavy (non-hydrogen) atoms. The fourth-order valence-corrected chi connectivity index (χ4v) is 3.37. The van der Waals surface area contributed by atoms with Crippen LogP contribution in [0.15, 0.2) is 48.8 Å². The quantitative estimate of drug-likeness (QED) is 0.755. The number of anilines is 1. The molecule has 3 aromatic rings. The molecule has 0 unspecified atom stereocenters. The second kappa shape index (κ2) is 7.19. The minimum atomic E-state index is -0.355. The molecule has 1 N–H and O–H groups in total. The number of carbonyl (C=O) groups is 2. The first-order chi connectivity index (χ1) is 13.1. The maximum Gasteiger partial charge on any atom is 0.256 e. The molecule has 4 rings (SSSR count). The lowest BCUT2D eigenvalue weighted by molar-refractivity contribution is -0.127. The molecule has 1 aliphatic heterocycles. The van der Waals surface area contributed by atoms with Crippen LogP contribution in [0.5, 0.6) is 0 Å². The molecule has 1 fully saturated rings. The molecule has 2 heterocycles. The molecular weight excluding hydrogens is 347 g/mol. The van der Waals surface area contributed by atoms with Crippen LogP contribution < -0.4 is 5.32 Å². The summed E-state index contributed by atoms with van der Waals surface area (Å²) in [4.78, 5) is 26.1. The third-order valence-electron chi connectivity index (χ3n) is 4.78. The molecular formula is C20H19FN4O2. The van der Waals surface area contributed by atoms with Crippen LogP contribution in [-0.2, 0) is 11.3 Å². The largest absolute Gasteiger partial charge is 0.341 e. The predicted molar refractivity (Wildman–Crippen MR) is 99.9 cm³/mol. The number of likely N-dealkylation sites (tertiary alicyclic amines) is 1. The molecule has 1 aromatic heterocycles. The molecule has 0 bridgehead atoms. The Labute approximate surface area is 155 Å². The number of carbonyl (C=O) groups excluding carboxylic acids is 2. The van der Waals surface area contributed by atoms with Crippen LogP contribution in [0.2, 0.25) is 0 Å². The number of halogens is 1. The van der Waals surface area contributed by atoms with Gasteiger partial charge in [-0.25, -0.2) is 4.39 Å². The standard InChI is InChI=1S/C20H19FN4O2/c21-18-8-7-17(15-4-1-2-5-16(15)18)20(27)23-14-12-22-25(13-14)11-10-24-9-3-6-19(24)26/h1-2,4-5,7-8,12-13H,3,6,9-11H2,(H,23,27). The molecule has 2 amide bonds. The van der Waals surface area contributed by atoms with Gasteiger partial charge in [-0.2, -0.15) is 5.10 Å². The highest BCUT2D eigenvalue weighted by atomic mass is 19.1. The highest BCUT2D eigenvalue weighted by Crippen LogP contribution is 2.22. The van der Waals surface area contributed by atoms with E-state index in [4.69, 9.17) is 0 Å². The number of hydrogen-bond acceptors (Lipinski definition) is 3. The number of rotatable bonds is 5. The minimum Gasteiger partial charge on any atom is -0.341 e. The van der Waals surface area contributed by atoms with Crippen molar-refractivity contribution in [2.24, 2.45) is 0 Å². The topological polar surface area (TPSA) is 67.2 Å². The zero-order valence-electron chi connectivity index (χ0n) is 14.7. The Morgan fingerprint density at radius 1 is 1.15 bits per heavy atom. The number of aromatic nitrogens is 2. The van der Waals surface area contributed by atoms with E-state index in [1.165, 1.54) is 12.1 Å². The van der Waals surface area contributed by atoms with E-state index in [0.29, 0.717) is 41.5 Å². The molecule has 1 aliphatic rings. The van der Waals surface area contributed by atoms with Crippen LogP contribution in [0.4, 0.5) is 10.1 Å². The number of nitrogens with one attached hydrogen (secondary N) is 1. The van der Waals surface area contributed by atoms with Gasteiger partial charge in [-0.05, 0) is 23.9 Å². The Balaban J connectivity index is 1.45. The predicted octanol–water partition coefficient (Wildman–Crippen LogP) is 3.05. The summed E-state index contributed by atoms with van der Waals surface area (Å²) in [5, 5.41) is 8.01. The van der Waals surface area contributed by atoms with Crippen LogP contribution in [0, 0.1) is 5.82 Å². The lowest BCUT2D eigenvalue weighted by Gasteiger charge is -2.14. The number of amides is 2. The molecule has 1 saturated heterocycles. The van der Waals surface area contributed by atoms with Crippen LogP contribution in [0.1, 0.15) is 23.2 Å². The molecule has 138 valence electrons. The van der Waals surface area contributed by atoms with Crippen LogP contribution >= 0.6 is 0 Å². The Hall–Kier alpha value is -3.22. The second-order valence-corrected chi connectivity index (χ2v) is 6.57. The smallest absolute Gasteiger partial charge is 0.256 e. The van der Waals surface area contributed by atoms with E-state index in [0.717, 1.165) is 13.0 Å². The Bertz CT molecular complexity index is 1010. The van der Waals surface area contributed by atoms with Crippen molar-refractivity contribution >= 4 is 28.3 Å². The van der Waals surface area contributed by atoms with E-state index in [1.807, 2.05) is 4.90 Å². The second-order valence-electron chi connectivity index (χ2n) is 6.57. The summed E-state index contributed by atoms with van der Waals surface area (Å²) in [6.45, 7) is 1.97. The summed E-state index contributed by atoms with van der Waals surface area (Å²) < 4.78 is 15.6. The zero-order valence-corrected chi connectivity index (χ0v) is 14.7. The van der Waals surface area contributed by atoms with Gasteiger partial charge >= 0.3 is 0 Å². The van der Waals surface area contributed by atoms with Crippen molar-refractivity contribution in [2.75, 3.05) is 18.4 Å². The van der Waals surface area contributed by atoms with Gasteiger partial charge in [-0.15, -0.1) is 0 Å². The summed E-state index contributed by atoms with van der Waals surface area (Å²) in [6, 6.07) is 9.67. The van der Waals surface area contributed by atoms with Crippen molar-refractivity contribution in [3.05, 3.63) is 60.2 Å². The van der Waals surface area contributed by atoms with E-state index < -0.39 is 0 Å². The Morgan fingerprint density at radius 3 is 2.74 bits per heavy atom. The summed E-state index contributed by atoms with van der Waals surface area (Å²) in [6.07, 6.45) is 4.82. The minimum absolute atomic E-state index is 0.180. The van der Waals surface area contributed by atoms with Gasteiger partial charge in [0.05, 0.1) is 18.4 Å². The molecule has 0 saturated carbocycles. The van der Waals surface area contributed by atoms with E-state index in [1.54, 1.807) is 41.3 Å². The van der Waals surface area contributed by atoms with Gasteiger partial charge in [-0.1, -0.05) is 24.3 Å². The fourth-order valence-electron chi connectivity index (χ4n) is 3.37. The van der Waals surface area contributed by atoms with Crippen molar-refractivity contribution in [1.82, 2.24) is 14.7 Å². The van der Waals surface area contributed by atoms with Gasteiger partial charge in [0.25, 0.3) is 5.91 Å². The van der Waals surface area contributed by atoms with Crippen molar-refractivity contribution in [3.8, 4) is 0 Å². The zero-order chi connectivity index (χ0) is 18.8. The van der Waals surface area contributed by atoms with E-state index in [2.05, 4.69) is 10.4 Å². The van der Waals surface area contributed by atoms with Gasteiger partial charge in [0.1, 0.15) is 5.82 Å². The normalized spacial score (nSPS) is 14.1. The third kappa shape index (κ3) is 3.53. The van der Waals surface area contributed by atoms with Gasteiger partial charge in [0, 0.05) is 36.7 Å². The average molecular weight is 366 g/mol. The molecule has 2 aromatic carbocycles. The van der Waals surface area contributed by atoms with Crippen LogP contribution in [-0.4, -0.2) is 39.6 Å². The Kier molecular flexibility index (Phi) is 4.58. The van der Waals surface area contributed by atoms with Gasteiger partial charge < -0.3 is 10.2 Å². The summed E-state index contributed by atoms with van der Waals surface area (Å²) in [7, 11) is 0. The highest BCUT2D eigenvalue weighted by molar-refractivity contribution is 6.12. The third-order valence-corrected chi connectivity index (χ3v) is 4.78. The SMILES string of the molecule is O=C(Nc1cnn(CCN2CCCC2=O)c1)c1ccc(F)c2ccccc12. The maximum atomic E-state index is 13.9. The lowest BCUT2D eigenvalue weighted by Crippen LogP contribution is -2.28. The van der Waals surface area contributed by atoms with Crippen molar-refractivity contribution < 1.29 is 14.0 Å². The van der Waals surface area contributed by atoms with Gasteiger partial charge in [0.15, 0.2) is 0 Å². The number of hydrogen-bond donors (Lipinski definition) is 1. The van der Waals surface area contributed by atoms with Crippen molar-refractivity contribution in [3.63, 3.8) is 0 Å². The van der Waals surface area contributed by atoms with Crippen molar-refractivity contribution in [2.45, 2.75) is 19.4 Å². The van der Waals surface area contributed by atoms with Crippen LogP contribution in [0.3, 0.4) is 0 Å². The molecule has 0 aliphatic carbocycles. The van der Waals surface area contributed by atoms with E-state index in [9.17, 15) is 14.0 Å². The number of fused-ring (bicyclic) bond motifs is 1. The first-order valence-corrected chi connectivity index (χ1v) is 8.90. The molecule has 0 spiro atoms. The summed E-state index contributed by atoms with van der Waals surface area (Å²) >= 11 is 0. The first kappa shape index (κ1) is 17.2. The van der Waals surface area contributed by atoms with Gasteiger partial charge in [-0.3, -0.25) is 14.3 Å². The summed E-state index contributed by atoms with van der Waals surface area (Å²) in [5.41, 5.74) is 0.962. The average Bonchev–Trinajstić information content (AvgIpc) is 3.29. The van der Waals surface area contributed by atoms with E-state index >= 15 is 0 Å². The number of nitrogens with zero attached hydrogens (tertiary/aromatic N) is 3. The molecule has 0 atom stereocenters. The Morgan fingerprint density at radius 2 is 1.96 bits per heavy atom. The fraction of sp³-hybridized carbons (Fsp3) is 0.250. The first-order valence-electron chi connectivity index (χ1n) is 8.90. The van der Waals surface area contributed by atoms with E-state index in [-0.39, 0.29) is 17.6 Å². The van der Waals surface area contributed by atoms with Crippen molar-refractivity contribution in [1.29, 1.82) is 0 Å². The molecule has 0 radical (unpaired) electrons. The number of benzene rings is 2. The lowest BCUT2D eigenvalue weighted by atomic mass is 10.0. The maximum absolute atomic E-state index is 13.9. The molecule has 6 nitrogen and oxygen atoms in total. The highest BCUT2D eigenvalue weighted by Gasteiger charge is 2.19. The summed E-state index contributed by atoms with van der Waals surface area (Å²) in [5.74, 6) is -0.495. The molecule has 7 heteroatoms. The monoisotopic (exact) mass is 366 g/mol. The van der Waals surface area contributed by atoms with Gasteiger partial charge in [0.2, 0.25) is 5.91 Å². The van der Waals surface area contributed by atoms with Crippen LogP contribution in [0.25, 0.3) is 10.8 Å².